The van der Waals surface area contributed by atoms with Crippen LogP contribution in [0.1, 0.15) is 64.7 Å². The number of rotatable bonds is 8. The van der Waals surface area contributed by atoms with Gasteiger partial charge in [-0.05, 0) is 50.5 Å². The summed E-state index contributed by atoms with van der Waals surface area (Å²) in [7, 11) is 0. The highest BCUT2D eigenvalue weighted by Gasteiger charge is 2.42. The maximum absolute atomic E-state index is 3.85. The van der Waals surface area contributed by atoms with E-state index in [2.05, 4.69) is 17.1 Å². The average molecular weight is 264 g/mol. The van der Waals surface area contributed by atoms with Gasteiger partial charge in [-0.3, -0.25) is 4.90 Å². The minimum Gasteiger partial charge on any atom is -0.311 e. The molecule has 1 N–H and O–H groups in total. The molecule has 0 aromatic heterocycles. The van der Waals surface area contributed by atoms with Gasteiger partial charge < -0.3 is 5.32 Å². The Morgan fingerprint density at radius 2 is 1.68 bits per heavy atom. The molecule has 2 aliphatic carbocycles. The van der Waals surface area contributed by atoms with E-state index in [1.165, 1.54) is 77.4 Å². The summed E-state index contributed by atoms with van der Waals surface area (Å²) in [5.41, 5.74) is 0. The number of nitrogens with zero attached hydrogens (tertiary/aromatic N) is 1. The number of nitrogens with one attached hydrogen (secondary N) is 1. The van der Waals surface area contributed by atoms with Gasteiger partial charge in [0, 0.05) is 25.2 Å². The molecule has 3 fully saturated rings. The smallest absolute Gasteiger partial charge is 0.0249 e. The average Bonchev–Trinajstić information content (AvgIpc) is 3.31. The van der Waals surface area contributed by atoms with Crippen LogP contribution in [0, 0.1) is 11.8 Å². The molecule has 0 bridgehead atoms. The predicted molar refractivity (Wildman–Crippen MR) is 81.4 cm³/mol. The Morgan fingerprint density at radius 3 is 2.37 bits per heavy atom. The summed E-state index contributed by atoms with van der Waals surface area (Å²) in [6.07, 6.45) is 13.1. The third-order valence-electron chi connectivity index (χ3n) is 5.40. The first-order valence-corrected chi connectivity index (χ1v) is 8.86. The summed E-state index contributed by atoms with van der Waals surface area (Å²) in [4.78, 5) is 2.86. The molecule has 0 amide bonds. The van der Waals surface area contributed by atoms with Crippen molar-refractivity contribution in [1.29, 1.82) is 0 Å². The van der Waals surface area contributed by atoms with Gasteiger partial charge in [0.25, 0.3) is 0 Å². The fourth-order valence-electron chi connectivity index (χ4n) is 3.79. The highest BCUT2D eigenvalue weighted by molar-refractivity contribution is 4.98. The van der Waals surface area contributed by atoms with Crippen LogP contribution in [0.25, 0.3) is 0 Å². The lowest BCUT2D eigenvalue weighted by Gasteiger charge is -2.41. The molecule has 0 spiro atoms. The van der Waals surface area contributed by atoms with Gasteiger partial charge in [-0.15, -0.1) is 0 Å². The molecule has 2 saturated carbocycles. The van der Waals surface area contributed by atoms with Gasteiger partial charge in [0.15, 0.2) is 0 Å². The van der Waals surface area contributed by atoms with Crippen LogP contribution in [0.15, 0.2) is 0 Å². The molecule has 19 heavy (non-hydrogen) atoms. The Balaban J connectivity index is 1.43. The maximum Gasteiger partial charge on any atom is 0.0249 e. The maximum atomic E-state index is 3.85. The van der Waals surface area contributed by atoms with Crippen LogP contribution in [0.2, 0.25) is 0 Å². The second-order valence-electron chi connectivity index (χ2n) is 7.17. The Morgan fingerprint density at radius 1 is 0.947 bits per heavy atom. The summed E-state index contributed by atoms with van der Waals surface area (Å²) in [6, 6.07) is 1.70. The van der Waals surface area contributed by atoms with E-state index in [4.69, 9.17) is 0 Å². The largest absolute Gasteiger partial charge is 0.311 e. The molecular formula is C17H32N2. The molecule has 1 heterocycles. The molecule has 0 aromatic carbocycles. The van der Waals surface area contributed by atoms with E-state index >= 15 is 0 Å². The van der Waals surface area contributed by atoms with Crippen LogP contribution in [0.4, 0.5) is 0 Å². The quantitative estimate of drug-likeness (QED) is 0.676. The monoisotopic (exact) mass is 264 g/mol. The fraction of sp³-hybridized carbons (Fsp3) is 1.00. The van der Waals surface area contributed by atoms with Gasteiger partial charge in [0.1, 0.15) is 0 Å². The zero-order valence-electron chi connectivity index (χ0n) is 12.7. The topological polar surface area (TPSA) is 15.3 Å². The normalized spacial score (nSPS) is 32.7. The minimum atomic E-state index is 0.825. The van der Waals surface area contributed by atoms with E-state index in [9.17, 15) is 0 Å². The number of unbranched alkanes of at least 4 members (excludes halogenated alkanes) is 4. The predicted octanol–water partition coefficient (Wildman–Crippen LogP) is 3.42. The molecular weight excluding hydrogens is 232 g/mol. The Bertz CT molecular complexity index is 270. The van der Waals surface area contributed by atoms with Crippen molar-refractivity contribution in [3.63, 3.8) is 0 Å². The van der Waals surface area contributed by atoms with E-state index in [1.807, 2.05) is 0 Å². The van der Waals surface area contributed by atoms with Crippen molar-refractivity contribution >= 4 is 0 Å². The second kappa shape index (κ2) is 6.58. The molecule has 2 unspecified atom stereocenters. The first kappa shape index (κ1) is 13.9. The van der Waals surface area contributed by atoms with Crippen molar-refractivity contribution < 1.29 is 0 Å². The highest BCUT2D eigenvalue weighted by atomic mass is 15.2. The second-order valence-corrected chi connectivity index (χ2v) is 7.17. The van der Waals surface area contributed by atoms with Crippen LogP contribution < -0.4 is 5.32 Å². The van der Waals surface area contributed by atoms with Crippen molar-refractivity contribution in [2.75, 3.05) is 19.6 Å². The van der Waals surface area contributed by atoms with Gasteiger partial charge in [-0.2, -0.15) is 0 Å². The standard InChI is InChI=1S/C17H32N2/c1-2-3-4-5-6-11-19-13-16(14-7-8-14)18-12-17(19)15-9-10-15/h14-18H,2-13H2,1H3. The zero-order valence-corrected chi connectivity index (χ0v) is 12.7. The molecule has 0 radical (unpaired) electrons. The van der Waals surface area contributed by atoms with E-state index in [-0.39, 0.29) is 0 Å². The van der Waals surface area contributed by atoms with E-state index in [0.29, 0.717) is 0 Å². The molecule has 1 aliphatic heterocycles. The molecule has 0 aromatic rings. The van der Waals surface area contributed by atoms with Crippen molar-refractivity contribution in [1.82, 2.24) is 10.2 Å². The fourth-order valence-corrected chi connectivity index (χ4v) is 3.79. The molecule has 3 rings (SSSR count). The third kappa shape index (κ3) is 3.95. The van der Waals surface area contributed by atoms with Gasteiger partial charge in [0.05, 0.1) is 0 Å². The summed E-state index contributed by atoms with van der Waals surface area (Å²) < 4.78 is 0. The van der Waals surface area contributed by atoms with Crippen LogP contribution >= 0.6 is 0 Å². The molecule has 2 atom stereocenters. The van der Waals surface area contributed by atoms with Crippen LogP contribution in [0.3, 0.4) is 0 Å². The molecule has 2 nitrogen and oxygen atoms in total. The summed E-state index contributed by atoms with van der Waals surface area (Å²) >= 11 is 0. The SMILES string of the molecule is CCCCCCCN1CC(C2CC2)NCC1C1CC1. The third-order valence-corrected chi connectivity index (χ3v) is 5.40. The van der Waals surface area contributed by atoms with E-state index < -0.39 is 0 Å². The molecule has 2 heteroatoms. The lowest BCUT2D eigenvalue weighted by atomic mass is 10.0. The van der Waals surface area contributed by atoms with Crippen molar-refractivity contribution in [3.8, 4) is 0 Å². The lowest BCUT2D eigenvalue weighted by Crippen LogP contribution is -2.58. The molecule has 110 valence electrons. The number of hydrogen-bond donors (Lipinski definition) is 1. The Hall–Kier alpha value is -0.0800. The van der Waals surface area contributed by atoms with Crippen LogP contribution in [0.5, 0.6) is 0 Å². The van der Waals surface area contributed by atoms with Gasteiger partial charge in [-0.1, -0.05) is 32.6 Å². The Labute approximate surface area is 119 Å². The highest BCUT2D eigenvalue weighted by Crippen LogP contribution is 2.39. The van der Waals surface area contributed by atoms with Gasteiger partial charge >= 0.3 is 0 Å². The van der Waals surface area contributed by atoms with E-state index in [0.717, 1.165) is 23.9 Å². The van der Waals surface area contributed by atoms with Crippen molar-refractivity contribution in [2.24, 2.45) is 11.8 Å². The first-order valence-electron chi connectivity index (χ1n) is 8.86. The minimum absolute atomic E-state index is 0.825. The van der Waals surface area contributed by atoms with Gasteiger partial charge in [0.2, 0.25) is 0 Å². The summed E-state index contributed by atoms with van der Waals surface area (Å²) in [6.45, 7) is 6.30. The zero-order chi connectivity index (χ0) is 13.1. The van der Waals surface area contributed by atoms with Crippen LogP contribution in [-0.4, -0.2) is 36.6 Å². The van der Waals surface area contributed by atoms with Gasteiger partial charge in [-0.25, -0.2) is 0 Å². The van der Waals surface area contributed by atoms with Crippen molar-refractivity contribution in [3.05, 3.63) is 0 Å². The van der Waals surface area contributed by atoms with Crippen LogP contribution in [-0.2, 0) is 0 Å². The lowest BCUT2D eigenvalue weighted by molar-refractivity contribution is 0.105. The Kier molecular flexibility index (Phi) is 4.81. The molecule has 1 saturated heterocycles. The first-order chi connectivity index (χ1) is 9.38. The van der Waals surface area contributed by atoms with E-state index in [1.54, 1.807) is 0 Å². The summed E-state index contributed by atoms with van der Waals surface area (Å²) in [5.74, 6) is 2.05. The van der Waals surface area contributed by atoms with Crippen molar-refractivity contribution in [2.45, 2.75) is 76.8 Å². The molecule has 3 aliphatic rings. The number of piperazine rings is 1. The summed E-state index contributed by atoms with van der Waals surface area (Å²) in [5, 5.41) is 3.85. The number of hydrogen-bond acceptors (Lipinski definition) is 2.